The van der Waals surface area contributed by atoms with Crippen LogP contribution in [0.4, 0.5) is 0 Å². The third-order valence-corrected chi connectivity index (χ3v) is 3.04. The van der Waals surface area contributed by atoms with E-state index in [9.17, 15) is 0 Å². The molecule has 7 heteroatoms. The van der Waals surface area contributed by atoms with E-state index in [0.717, 1.165) is 31.8 Å². The molecular weight excluding hydrogens is 282 g/mol. The number of hydrogen-bond donors (Lipinski definition) is 2. The number of H-pyrrole nitrogens is 1. The second-order valence-corrected chi connectivity index (χ2v) is 4.02. The number of nitrogens with two attached hydrogens (primary N) is 1. The van der Waals surface area contributed by atoms with Crippen LogP contribution in [0, 0.1) is 0 Å². The first-order chi connectivity index (χ1) is 6.77. The maximum absolute atomic E-state index is 5.87. The van der Waals surface area contributed by atoms with Crippen molar-refractivity contribution in [3.63, 3.8) is 0 Å². The molecule has 17 heavy (non-hydrogen) atoms. The number of nitrogens with zero attached hydrogens (tertiary/aromatic N) is 2. The zero-order valence-electron chi connectivity index (χ0n) is 9.83. The largest absolute Gasteiger partial charge is 0.347 e. The van der Waals surface area contributed by atoms with E-state index < -0.39 is 0 Å². The number of hydrogen-bond acceptors (Lipinski definition) is 3. The Morgan fingerprint density at radius 1 is 1.35 bits per heavy atom. The molecule has 0 bridgehead atoms. The van der Waals surface area contributed by atoms with Crippen LogP contribution in [0.5, 0.6) is 0 Å². The molecule has 1 fully saturated rings. The number of halogens is 3. The molecule has 0 radical (unpaired) electrons. The highest BCUT2D eigenvalue weighted by Gasteiger charge is 2.22. The Bertz CT molecular complexity index is 273. The maximum atomic E-state index is 5.87. The Labute approximate surface area is 121 Å². The Morgan fingerprint density at radius 2 is 1.94 bits per heavy atom. The zero-order valence-corrected chi connectivity index (χ0v) is 12.3. The molecule has 0 aromatic carbocycles. The van der Waals surface area contributed by atoms with Crippen LogP contribution >= 0.6 is 37.2 Å². The van der Waals surface area contributed by atoms with Crippen LogP contribution < -0.4 is 5.73 Å². The van der Waals surface area contributed by atoms with Gasteiger partial charge in [-0.15, -0.1) is 37.2 Å². The minimum atomic E-state index is 0. The lowest BCUT2D eigenvalue weighted by Crippen LogP contribution is -2.41. The first-order valence-corrected chi connectivity index (χ1v) is 5.26. The summed E-state index contributed by atoms with van der Waals surface area (Å²) in [5.74, 6) is 1.06. The molecule has 1 atom stereocenters. The van der Waals surface area contributed by atoms with Crippen LogP contribution in [0.1, 0.15) is 31.6 Å². The molecule has 0 aliphatic carbocycles. The van der Waals surface area contributed by atoms with Gasteiger partial charge in [-0.2, -0.15) is 0 Å². The van der Waals surface area contributed by atoms with Crippen molar-refractivity contribution in [2.75, 3.05) is 13.1 Å². The van der Waals surface area contributed by atoms with Crippen LogP contribution in [-0.4, -0.2) is 34.0 Å². The molecule has 1 saturated heterocycles. The van der Waals surface area contributed by atoms with E-state index in [1.54, 1.807) is 0 Å². The number of aromatic amines is 1. The fourth-order valence-electron chi connectivity index (χ4n) is 1.99. The lowest BCUT2D eigenvalue weighted by Gasteiger charge is -2.33. The van der Waals surface area contributed by atoms with Crippen molar-refractivity contribution in [2.24, 2.45) is 5.73 Å². The lowest BCUT2D eigenvalue weighted by atomic mass is 10.0. The molecule has 1 unspecified atom stereocenters. The van der Waals surface area contributed by atoms with E-state index in [2.05, 4.69) is 21.8 Å². The van der Waals surface area contributed by atoms with Gasteiger partial charge in [0.1, 0.15) is 5.82 Å². The van der Waals surface area contributed by atoms with Gasteiger partial charge in [-0.1, -0.05) is 0 Å². The minimum absolute atomic E-state index is 0. The van der Waals surface area contributed by atoms with E-state index in [1.165, 1.54) is 0 Å². The molecule has 3 N–H and O–H groups in total. The second kappa shape index (κ2) is 9.00. The van der Waals surface area contributed by atoms with Crippen LogP contribution in [0.25, 0.3) is 0 Å². The molecule has 2 rings (SSSR count). The summed E-state index contributed by atoms with van der Waals surface area (Å²) in [5.41, 5.74) is 5.87. The van der Waals surface area contributed by atoms with Crippen LogP contribution in [-0.2, 0) is 0 Å². The van der Waals surface area contributed by atoms with Gasteiger partial charge < -0.3 is 10.7 Å². The predicted molar refractivity (Wildman–Crippen MR) is 77.5 cm³/mol. The predicted octanol–water partition coefficient (Wildman–Crippen LogP) is 2.16. The Morgan fingerprint density at radius 3 is 2.41 bits per heavy atom. The Kier molecular flexibility index (Phi) is 10.2. The summed E-state index contributed by atoms with van der Waals surface area (Å²) in [6.07, 6.45) is 5.89. The highest BCUT2D eigenvalue weighted by atomic mass is 35.5. The summed E-state index contributed by atoms with van der Waals surface area (Å²) >= 11 is 0. The van der Waals surface area contributed by atoms with Gasteiger partial charge in [0.15, 0.2) is 0 Å². The first-order valence-electron chi connectivity index (χ1n) is 5.26. The first kappa shape index (κ1) is 19.3. The molecule has 1 aliphatic heterocycles. The smallest absolute Gasteiger partial charge is 0.123 e. The molecule has 0 saturated carbocycles. The highest BCUT2D eigenvalue weighted by molar-refractivity contribution is 5.86. The van der Waals surface area contributed by atoms with Crippen molar-refractivity contribution in [3.8, 4) is 0 Å². The van der Waals surface area contributed by atoms with Crippen LogP contribution in [0.3, 0.4) is 0 Å². The van der Waals surface area contributed by atoms with E-state index in [4.69, 9.17) is 5.73 Å². The lowest BCUT2D eigenvalue weighted by molar-refractivity contribution is 0.158. The van der Waals surface area contributed by atoms with E-state index >= 15 is 0 Å². The number of piperidine rings is 1. The molecule has 2 heterocycles. The van der Waals surface area contributed by atoms with E-state index in [-0.39, 0.29) is 37.2 Å². The van der Waals surface area contributed by atoms with Gasteiger partial charge in [-0.25, -0.2) is 4.98 Å². The third-order valence-electron chi connectivity index (χ3n) is 3.04. The molecule has 4 nitrogen and oxygen atoms in total. The van der Waals surface area contributed by atoms with Gasteiger partial charge in [-0.3, -0.25) is 4.90 Å². The van der Waals surface area contributed by atoms with Crippen LogP contribution in [0.15, 0.2) is 12.4 Å². The standard InChI is InChI=1S/C10H18N4.3ClH/c1-8(10-12-4-5-13-10)14-6-2-9(11)3-7-14;;;/h4-5,8-9H,2-3,6-7,11H2,1H3,(H,12,13);3*1H. The van der Waals surface area contributed by atoms with E-state index in [1.807, 2.05) is 12.4 Å². The SMILES string of the molecule is CC(c1ncc[nH]1)N1CCC(N)CC1.Cl.Cl.Cl. The van der Waals surface area contributed by atoms with Crippen molar-refractivity contribution in [2.45, 2.75) is 31.8 Å². The van der Waals surface area contributed by atoms with Gasteiger partial charge in [0.05, 0.1) is 6.04 Å². The molecule has 1 aromatic rings. The van der Waals surface area contributed by atoms with Crippen molar-refractivity contribution in [1.29, 1.82) is 0 Å². The van der Waals surface area contributed by atoms with E-state index in [0.29, 0.717) is 12.1 Å². The zero-order chi connectivity index (χ0) is 9.97. The fraction of sp³-hybridized carbons (Fsp3) is 0.700. The molecular formula is C10H21Cl3N4. The monoisotopic (exact) mass is 302 g/mol. The molecule has 0 amide bonds. The summed E-state index contributed by atoms with van der Waals surface area (Å²) in [6, 6.07) is 0.785. The Hall–Kier alpha value is -0.000000000000000111. The van der Waals surface area contributed by atoms with Gasteiger partial charge in [0.25, 0.3) is 0 Å². The van der Waals surface area contributed by atoms with Crippen LogP contribution in [0.2, 0.25) is 0 Å². The van der Waals surface area contributed by atoms with Gasteiger partial charge in [0.2, 0.25) is 0 Å². The van der Waals surface area contributed by atoms with Gasteiger partial charge >= 0.3 is 0 Å². The summed E-state index contributed by atoms with van der Waals surface area (Å²) in [6.45, 7) is 4.36. The molecule has 1 aliphatic rings. The second-order valence-electron chi connectivity index (χ2n) is 4.02. The maximum Gasteiger partial charge on any atom is 0.123 e. The Balaban J connectivity index is 0. The fourth-order valence-corrected chi connectivity index (χ4v) is 1.99. The van der Waals surface area contributed by atoms with Gasteiger partial charge in [0, 0.05) is 31.5 Å². The van der Waals surface area contributed by atoms with Crippen molar-refractivity contribution in [1.82, 2.24) is 14.9 Å². The van der Waals surface area contributed by atoms with Crippen molar-refractivity contribution in [3.05, 3.63) is 18.2 Å². The summed E-state index contributed by atoms with van der Waals surface area (Å²) in [4.78, 5) is 9.88. The van der Waals surface area contributed by atoms with Crippen molar-refractivity contribution >= 4 is 37.2 Å². The molecule has 1 aromatic heterocycles. The minimum Gasteiger partial charge on any atom is -0.347 e. The van der Waals surface area contributed by atoms with Gasteiger partial charge in [-0.05, 0) is 19.8 Å². The normalized spacial score (nSPS) is 18.5. The number of imidazole rings is 1. The summed E-state index contributed by atoms with van der Waals surface area (Å²) < 4.78 is 0. The average Bonchev–Trinajstić information content (AvgIpc) is 2.71. The number of nitrogens with one attached hydrogen (secondary N) is 1. The summed E-state index contributed by atoms with van der Waals surface area (Å²) in [7, 11) is 0. The molecule has 102 valence electrons. The average molecular weight is 304 g/mol. The quantitative estimate of drug-likeness (QED) is 0.880. The topological polar surface area (TPSA) is 57.9 Å². The molecule has 0 spiro atoms. The number of likely N-dealkylation sites (tertiary alicyclic amines) is 1. The third kappa shape index (κ3) is 5.02. The number of rotatable bonds is 2. The summed E-state index contributed by atoms with van der Waals surface area (Å²) in [5, 5.41) is 0. The number of aromatic nitrogens is 2. The van der Waals surface area contributed by atoms with Crippen molar-refractivity contribution < 1.29 is 0 Å². The highest BCUT2D eigenvalue weighted by Crippen LogP contribution is 2.20.